The summed E-state index contributed by atoms with van der Waals surface area (Å²) < 4.78 is 27.7. The van der Waals surface area contributed by atoms with Crippen molar-refractivity contribution in [3.63, 3.8) is 0 Å². The van der Waals surface area contributed by atoms with Crippen molar-refractivity contribution in [3.05, 3.63) is 36.0 Å². The molecular weight excluding hydrogens is 212 g/mol. The van der Waals surface area contributed by atoms with Gasteiger partial charge in [-0.25, -0.2) is 8.78 Å². The molecule has 5 heteroatoms. The Morgan fingerprint density at radius 3 is 2.38 bits per heavy atom. The number of rotatable bonds is 2. The fourth-order valence-corrected chi connectivity index (χ4v) is 1.51. The number of halogens is 2. The number of hydrogen-bond donors (Lipinski definition) is 1. The number of nitrogens with zero attached hydrogens (tertiary/aromatic N) is 2. The van der Waals surface area contributed by atoms with Gasteiger partial charge >= 0.3 is 0 Å². The topological polar surface area (TPSA) is 43.8 Å². The fraction of sp³-hybridized carbons (Fsp3) is 0.182. The van der Waals surface area contributed by atoms with Crippen molar-refractivity contribution in [3.8, 4) is 11.3 Å². The Bertz CT molecular complexity index is 500. The number of nitrogen functional groups attached to an aromatic ring is 1. The Balaban J connectivity index is 2.53. The van der Waals surface area contributed by atoms with Crippen LogP contribution < -0.4 is 5.73 Å². The molecule has 16 heavy (non-hydrogen) atoms. The first kappa shape index (κ1) is 10.6. The van der Waals surface area contributed by atoms with E-state index in [4.69, 9.17) is 5.73 Å². The number of hydrogen-bond acceptors (Lipinski definition) is 2. The van der Waals surface area contributed by atoms with Crippen molar-refractivity contribution < 1.29 is 8.78 Å². The molecule has 0 amide bonds. The molecule has 84 valence electrons. The molecule has 0 aliphatic heterocycles. The van der Waals surface area contributed by atoms with Crippen LogP contribution in [0.25, 0.3) is 11.3 Å². The van der Waals surface area contributed by atoms with E-state index in [1.165, 1.54) is 12.1 Å². The molecule has 0 saturated heterocycles. The normalized spacial score (nSPS) is 10.7. The van der Waals surface area contributed by atoms with Crippen molar-refractivity contribution in [2.24, 2.45) is 0 Å². The minimum absolute atomic E-state index is 0.349. The average Bonchev–Trinajstić information content (AvgIpc) is 2.58. The molecule has 2 aromatic rings. The number of aryl methyl sites for hydroxylation is 1. The standard InChI is InChI=1S/C11H11F2N3/c1-2-16-6-10(14)11(15-16)7-3-8(12)5-9(13)4-7/h3-6H,2,14H2,1H3. The highest BCUT2D eigenvalue weighted by molar-refractivity contribution is 5.71. The number of anilines is 1. The molecule has 0 spiro atoms. The zero-order valence-electron chi connectivity index (χ0n) is 8.74. The second-order valence-electron chi connectivity index (χ2n) is 3.45. The average molecular weight is 223 g/mol. The van der Waals surface area contributed by atoms with Crippen molar-refractivity contribution in [1.29, 1.82) is 0 Å². The van der Waals surface area contributed by atoms with E-state index in [2.05, 4.69) is 5.10 Å². The lowest BCUT2D eigenvalue weighted by Crippen LogP contribution is -1.94. The summed E-state index contributed by atoms with van der Waals surface area (Å²) >= 11 is 0. The quantitative estimate of drug-likeness (QED) is 0.849. The van der Waals surface area contributed by atoms with E-state index in [0.717, 1.165) is 6.07 Å². The molecule has 0 radical (unpaired) electrons. The van der Waals surface area contributed by atoms with Gasteiger partial charge in [0, 0.05) is 24.4 Å². The van der Waals surface area contributed by atoms with Gasteiger partial charge in [0.2, 0.25) is 0 Å². The molecule has 0 fully saturated rings. The zero-order chi connectivity index (χ0) is 11.7. The van der Waals surface area contributed by atoms with Crippen LogP contribution in [0.1, 0.15) is 6.92 Å². The highest BCUT2D eigenvalue weighted by atomic mass is 19.1. The lowest BCUT2D eigenvalue weighted by Gasteiger charge is -1.99. The number of nitrogens with two attached hydrogens (primary N) is 1. The molecule has 3 nitrogen and oxygen atoms in total. The molecule has 1 heterocycles. The predicted molar refractivity (Wildman–Crippen MR) is 57.7 cm³/mol. The van der Waals surface area contributed by atoms with Crippen LogP contribution in [-0.4, -0.2) is 9.78 Å². The number of benzene rings is 1. The van der Waals surface area contributed by atoms with Crippen LogP contribution in [0.3, 0.4) is 0 Å². The van der Waals surface area contributed by atoms with Crippen LogP contribution in [0, 0.1) is 11.6 Å². The van der Waals surface area contributed by atoms with Crippen LogP contribution >= 0.6 is 0 Å². The van der Waals surface area contributed by atoms with Gasteiger partial charge in [-0.3, -0.25) is 4.68 Å². The second kappa shape index (κ2) is 3.92. The van der Waals surface area contributed by atoms with Gasteiger partial charge in [0.15, 0.2) is 0 Å². The SMILES string of the molecule is CCn1cc(N)c(-c2cc(F)cc(F)c2)n1. The van der Waals surface area contributed by atoms with Crippen molar-refractivity contribution in [2.45, 2.75) is 13.5 Å². The second-order valence-corrected chi connectivity index (χ2v) is 3.45. The molecular formula is C11H11F2N3. The lowest BCUT2D eigenvalue weighted by molar-refractivity contribution is 0.584. The molecule has 0 aliphatic rings. The summed E-state index contributed by atoms with van der Waals surface area (Å²) in [5, 5.41) is 4.14. The Kier molecular flexibility index (Phi) is 2.60. The maximum Gasteiger partial charge on any atom is 0.126 e. The largest absolute Gasteiger partial charge is 0.396 e. The molecule has 0 aliphatic carbocycles. The monoisotopic (exact) mass is 223 g/mol. The Morgan fingerprint density at radius 2 is 1.88 bits per heavy atom. The first-order valence-corrected chi connectivity index (χ1v) is 4.89. The fourth-order valence-electron chi connectivity index (χ4n) is 1.51. The molecule has 0 bridgehead atoms. The summed E-state index contributed by atoms with van der Waals surface area (Å²) in [4.78, 5) is 0. The minimum Gasteiger partial charge on any atom is -0.396 e. The molecule has 0 saturated carbocycles. The van der Waals surface area contributed by atoms with Crippen molar-refractivity contribution >= 4 is 5.69 Å². The van der Waals surface area contributed by atoms with E-state index in [0.29, 0.717) is 23.5 Å². The molecule has 1 aromatic heterocycles. The van der Waals surface area contributed by atoms with Gasteiger partial charge < -0.3 is 5.73 Å². The first-order valence-electron chi connectivity index (χ1n) is 4.89. The van der Waals surface area contributed by atoms with Crippen LogP contribution in [-0.2, 0) is 6.54 Å². The Hall–Kier alpha value is -1.91. The van der Waals surface area contributed by atoms with Gasteiger partial charge in [0.05, 0.1) is 5.69 Å². The number of aromatic nitrogens is 2. The third-order valence-corrected chi connectivity index (χ3v) is 2.25. The maximum absolute atomic E-state index is 13.0. The highest BCUT2D eigenvalue weighted by Gasteiger charge is 2.10. The summed E-state index contributed by atoms with van der Waals surface area (Å²) in [6, 6.07) is 3.24. The van der Waals surface area contributed by atoms with E-state index in [1.807, 2.05) is 6.92 Å². The zero-order valence-corrected chi connectivity index (χ0v) is 8.74. The third kappa shape index (κ3) is 1.88. The Morgan fingerprint density at radius 1 is 1.25 bits per heavy atom. The summed E-state index contributed by atoms with van der Waals surface area (Å²) in [5.41, 5.74) is 6.88. The van der Waals surface area contributed by atoms with Gasteiger partial charge in [-0.1, -0.05) is 0 Å². The first-order chi connectivity index (χ1) is 7.60. The van der Waals surface area contributed by atoms with Crippen molar-refractivity contribution in [2.75, 3.05) is 5.73 Å². The summed E-state index contributed by atoms with van der Waals surface area (Å²) in [7, 11) is 0. The van der Waals surface area contributed by atoms with Crippen molar-refractivity contribution in [1.82, 2.24) is 9.78 Å². The smallest absolute Gasteiger partial charge is 0.126 e. The van der Waals surface area contributed by atoms with Gasteiger partial charge in [-0.2, -0.15) is 5.10 Å². The van der Waals surface area contributed by atoms with E-state index < -0.39 is 11.6 Å². The maximum atomic E-state index is 13.0. The predicted octanol–water partition coefficient (Wildman–Crippen LogP) is 2.43. The summed E-state index contributed by atoms with van der Waals surface area (Å²) in [6.07, 6.45) is 1.64. The van der Waals surface area contributed by atoms with Gasteiger partial charge in [-0.15, -0.1) is 0 Å². The Labute approximate surface area is 91.5 Å². The molecule has 0 atom stereocenters. The summed E-state index contributed by atoms with van der Waals surface area (Å²) in [6.45, 7) is 2.56. The van der Waals surface area contributed by atoms with E-state index in [1.54, 1.807) is 10.9 Å². The van der Waals surface area contributed by atoms with E-state index >= 15 is 0 Å². The van der Waals surface area contributed by atoms with Gasteiger partial charge in [0.1, 0.15) is 17.3 Å². The van der Waals surface area contributed by atoms with Gasteiger partial charge in [0.25, 0.3) is 0 Å². The minimum atomic E-state index is -0.638. The third-order valence-electron chi connectivity index (χ3n) is 2.25. The molecule has 2 N–H and O–H groups in total. The lowest BCUT2D eigenvalue weighted by atomic mass is 10.1. The van der Waals surface area contributed by atoms with Crippen LogP contribution in [0.4, 0.5) is 14.5 Å². The van der Waals surface area contributed by atoms with Crippen LogP contribution in [0.15, 0.2) is 24.4 Å². The molecule has 0 unspecified atom stereocenters. The van der Waals surface area contributed by atoms with E-state index in [9.17, 15) is 8.78 Å². The van der Waals surface area contributed by atoms with Crippen LogP contribution in [0.5, 0.6) is 0 Å². The highest BCUT2D eigenvalue weighted by Crippen LogP contribution is 2.25. The van der Waals surface area contributed by atoms with Crippen LogP contribution in [0.2, 0.25) is 0 Å². The van der Waals surface area contributed by atoms with E-state index in [-0.39, 0.29) is 0 Å². The molecule has 2 rings (SSSR count). The summed E-state index contributed by atoms with van der Waals surface area (Å²) in [5.74, 6) is -1.28. The molecule has 1 aromatic carbocycles. The van der Waals surface area contributed by atoms with Gasteiger partial charge in [-0.05, 0) is 19.1 Å².